The fraction of sp³-hybridized carbons (Fsp3) is 0.237. The smallest absolute Gasteiger partial charge is 0.351 e. The largest absolute Gasteiger partial charge is 0.503 e. The number of methoxy groups -OCH3 is 5. The first kappa shape index (κ1) is 85.6. The van der Waals surface area contributed by atoms with E-state index in [9.17, 15) is 53.7 Å². The minimum absolute atomic E-state index is 0.0626. The summed E-state index contributed by atoms with van der Waals surface area (Å²) in [5, 5.41) is 42.8. The lowest BCUT2D eigenvalue weighted by atomic mass is 9.82. The first-order valence-corrected chi connectivity index (χ1v) is 37.7. The number of Topliss-reactive ketones (excluding diaryl/α,β-unsaturated/α-hetero) is 3. The lowest BCUT2D eigenvalue weighted by molar-refractivity contribution is -0.153. The number of hydrogen-bond acceptors (Lipinski definition) is 23. The number of aromatic nitrogens is 3. The van der Waals surface area contributed by atoms with Crippen LogP contribution < -0.4 is 28.9 Å². The van der Waals surface area contributed by atoms with Crippen LogP contribution in [0.5, 0.6) is 17.2 Å². The molecule has 14 rings (SSSR count). The van der Waals surface area contributed by atoms with Crippen LogP contribution in [0.1, 0.15) is 120 Å². The van der Waals surface area contributed by atoms with Crippen LogP contribution in [0.4, 0.5) is 17.1 Å². The number of esters is 2. The number of carbonyl (C=O) groups is 8. The number of nitrogens with zero attached hydrogens (tertiary/aromatic N) is 6. The first-order chi connectivity index (χ1) is 56.9. The quantitative estimate of drug-likeness (QED) is 0.0563. The average Bonchev–Trinajstić information content (AvgIpc) is 1.61. The Balaban J connectivity index is 0.000000165. The highest BCUT2D eigenvalue weighted by Gasteiger charge is 2.52. The van der Waals surface area contributed by atoms with E-state index < -0.39 is 87.8 Å². The number of anilines is 3. The van der Waals surface area contributed by atoms with Crippen molar-refractivity contribution in [1.82, 2.24) is 15.5 Å². The number of para-hydroxylation sites is 3. The summed E-state index contributed by atoms with van der Waals surface area (Å²) in [5.74, 6) is -3.91. The molecular weight excluding hydrogens is 1520 g/mol. The van der Waals surface area contributed by atoms with Gasteiger partial charge in [0.2, 0.25) is 6.10 Å². The third-order valence-electron chi connectivity index (χ3n) is 19.6. The van der Waals surface area contributed by atoms with Crippen molar-refractivity contribution < 1.29 is 95.7 Å². The van der Waals surface area contributed by atoms with Gasteiger partial charge in [-0.2, -0.15) is 0 Å². The second kappa shape index (κ2) is 36.7. The molecule has 612 valence electrons. The zero-order valence-corrected chi connectivity index (χ0v) is 67.9. The van der Waals surface area contributed by atoms with Gasteiger partial charge in [0, 0.05) is 90.5 Å². The molecule has 3 N–H and O–H groups in total. The molecule has 0 saturated carbocycles. The maximum atomic E-state index is 14.5. The predicted octanol–water partition coefficient (Wildman–Crippen LogP) is 16.9. The normalized spacial score (nSPS) is 15.8. The Morgan fingerprint density at radius 2 is 0.664 bits per heavy atom. The summed E-state index contributed by atoms with van der Waals surface area (Å²) in [4.78, 5) is 110. The molecule has 0 bridgehead atoms. The third-order valence-corrected chi connectivity index (χ3v) is 19.6. The van der Waals surface area contributed by atoms with Crippen molar-refractivity contribution in [2.75, 3.05) is 50.2 Å². The molecule has 8 aromatic carbocycles. The highest BCUT2D eigenvalue weighted by Crippen LogP contribution is 2.51. The van der Waals surface area contributed by atoms with E-state index in [2.05, 4.69) is 20.2 Å². The molecule has 0 spiro atoms. The van der Waals surface area contributed by atoms with E-state index in [1.54, 1.807) is 232 Å². The molecule has 3 aliphatic heterocycles. The third kappa shape index (κ3) is 18.4. The number of benzene rings is 8. The standard InChI is InChI=1S/C34H32N2O7.2C25H24N2O5.C9H10O3/c1-34(2,3)31(37)27-28(24-13-9-10-14-26(24)40-4)36(23-17-15-21(16-18-23)25-19-20-42-35-25)32(38)30(27)43-29(33(39)41-5)22-11-7-6-8-12-22;2*1-25(2,3)23(29)20-21(17-7-5-6-8-19(17)31-4)27(24(30)22(20)28)16-11-9-15(10-12-16)18-13-14-32-26-18;1-12-9(11)8(10)7-5-3-2-4-6-7/h6-20,28-29H,1-5H3;2*5-14,21,28H,1-4H3;2-6,8,10H,1H3/t28-,29-;21-;;8-/m11.0/s1. The van der Waals surface area contributed by atoms with Gasteiger partial charge in [0.05, 0.1) is 70.4 Å². The van der Waals surface area contributed by atoms with E-state index in [0.29, 0.717) is 79.2 Å². The van der Waals surface area contributed by atoms with E-state index in [4.69, 9.17) is 37.3 Å². The SMILES string of the molecule is COC(=O)[C@@H](O)c1ccccc1.COC(=O)[C@H](OC1=C(C(=O)C(C)(C)C)[C@@H](c2ccccc2OC)N(c2ccc(-c3ccon3)cc2)C1=O)c1ccccc1.COc1ccccc1C1C(C(=O)C(C)(C)C)=C(O)C(=O)N1c1ccc(-c2ccon2)cc1.COc1ccccc1[C@@H]1C(C(=O)C(C)(C)C)=C(O)C(=O)N1c1ccc(-c2ccon2)cc1. The van der Waals surface area contributed by atoms with E-state index in [0.717, 1.165) is 16.7 Å². The molecule has 5 atom stereocenters. The van der Waals surface area contributed by atoms with E-state index >= 15 is 0 Å². The van der Waals surface area contributed by atoms with E-state index in [-0.39, 0.29) is 39.8 Å². The summed E-state index contributed by atoms with van der Waals surface area (Å²) >= 11 is 0. The number of carbonyl (C=O) groups excluding carboxylic acids is 8. The number of rotatable bonds is 21. The predicted molar refractivity (Wildman–Crippen MR) is 441 cm³/mol. The summed E-state index contributed by atoms with van der Waals surface area (Å²) < 4.78 is 47.2. The molecule has 0 fully saturated rings. The lowest BCUT2D eigenvalue weighted by Crippen LogP contribution is -2.33. The van der Waals surface area contributed by atoms with E-state index in [1.165, 1.54) is 69.0 Å². The van der Waals surface area contributed by atoms with Gasteiger partial charge in [0.1, 0.15) is 53.1 Å². The van der Waals surface area contributed by atoms with Crippen molar-refractivity contribution >= 4 is 64.1 Å². The van der Waals surface area contributed by atoms with Gasteiger partial charge >= 0.3 is 11.9 Å². The minimum Gasteiger partial charge on any atom is -0.503 e. The monoisotopic (exact) mass is 1610 g/mol. The van der Waals surface area contributed by atoms with Crippen LogP contribution >= 0.6 is 0 Å². The molecule has 0 radical (unpaired) electrons. The van der Waals surface area contributed by atoms with Gasteiger partial charge in [0.25, 0.3) is 17.7 Å². The highest BCUT2D eigenvalue weighted by atomic mass is 16.6. The molecule has 6 heterocycles. The summed E-state index contributed by atoms with van der Waals surface area (Å²) in [5.41, 5.74) is 6.50. The number of aliphatic hydroxyl groups excluding tert-OH is 3. The van der Waals surface area contributed by atoms with Gasteiger partial charge in [-0.15, -0.1) is 0 Å². The molecule has 11 aromatic rings. The average molecular weight is 1610 g/mol. The molecule has 3 amide bonds. The Morgan fingerprint density at radius 1 is 0.370 bits per heavy atom. The van der Waals surface area contributed by atoms with Crippen LogP contribution in [-0.2, 0) is 52.6 Å². The van der Waals surface area contributed by atoms with Gasteiger partial charge < -0.3 is 57.3 Å². The van der Waals surface area contributed by atoms with Crippen LogP contribution in [0.3, 0.4) is 0 Å². The summed E-state index contributed by atoms with van der Waals surface area (Å²) in [6.07, 6.45) is 1.99. The van der Waals surface area contributed by atoms with Crippen molar-refractivity contribution in [3.05, 3.63) is 305 Å². The topological polar surface area (TPSA) is 340 Å². The number of hydrogen-bond donors (Lipinski definition) is 3. The molecule has 1 unspecified atom stereocenters. The Labute approximate surface area is 687 Å². The van der Waals surface area contributed by atoms with Crippen molar-refractivity contribution in [1.29, 1.82) is 0 Å². The van der Waals surface area contributed by atoms with Crippen molar-refractivity contribution in [2.45, 2.75) is 92.6 Å². The lowest BCUT2D eigenvalue weighted by Gasteiger charge is -2.29. The highest BCUT2D eigenvalue weighted by molar-refractivity contribution is 6.20. The molecule has 0 aliphatic carbocycles. The van der Waals surface area contributed by atoms with Gasteiger partial charge in [0.15, 0.2) is 40.7 Å². The Morgan fingerprint density at radius 3 is 0.966 bits per heavy atom. The molecule has 0 saturated heterocycles. The fourth-order valence-corrected chi connectivity index (χ4v) is 13.6. The number of ether oxygens (including phenoxy) is 6. The number of aliphatic hydroxyl groups is 3. The van der Waals surface area contributed by atoms with Crippen molar-refractivity contribution in [2.24, 2.45) is 16.2 Å². The maximum Gasteiger partial charge on any atom is 0.351 e. The van der Waals surface area contributed by atoms with Crippen LogP contribution in [0, 0.1) is 16.2 Å². The molecule has 119 heavy (non-hydrogen) atoms. The zero-order chi connectivity index (χ0) is 85.8. The molecular formula is C93H90N6O20. The minimum atomic E-state index is -1.29. The Kier molecular flexibility index (Phi) is 26.4. The summed E-state index contributed by atoms with van der Waals surface area (Å²) in [6, 6.07) is 62.9. The van der Waals surface area contributed by atoms with E-state index in [1.807, 2.05) is 54.6 Å². The summed E-state index contributed by atoms with van der Waals surface area (Å²) in [6.45, 7) is 15.9. The van der Waals surface area contributed by atoms with Gasteiger partial charge in [-0.25, -0.2) is 9.59 Å². The number of ketones is 3. The van der Waals surface area contributed by atoms with Crippen LogP contribution in [0.2, 0.25) is 0 Å². The second-order valence-electron chi connectivity index (χ2n) is 30.5. The van der Waals surface area contributed by atoms with Crippen LogP contribution in [0.25, 0.3) is 33.8 Å². The van der Waals surface area contributed by atoms with Gasteiger partial charge in [-0.05, 0) is 60.2 Å². The van der Waals surface area contributed by atoms with Gasteiger partial charge in [-0.1, -0.05) is 229 Å². The second-order valence-corrected chi connectivity index (χ2v) is 30.5. The Hall–Kier alpha value is -14.3. The van der Waals surface area contributed by atoms with Crippen molar-refractivity contribution in [3.63, 3.8) is 0 Å². The maximum absolute atomic E-state index is 14.5. The van der Waals surface area contributed by atoms with Crippen LogP contribution in [-0.4, -0.2) is 113 Å². The number of amides is 3. The fourth-order valence-electron chi connectivity index (χ4n) is 13.6. The summed E-state index contributed by atoms with van der Waals surface area (Å²) in [7, 11) is 7.08. The molecule has 3 aromatic heterocycles. The first-order valence-electron chi connectivity index (χ1n) is 37.7. The molecule has 26 nitrogen and oxygen atoms in total. The van der Waals surface area contributed by atoms with Crippen molar-refractivity contribution in [3.8, 4) is 51.0 Å². The van der Waals surface area contributed by atoms with Crippen LogP contribution in [0.15, 0.2) is 291 Å². The molecule has 26 heteroatoms. The molecule has 3 aliphatic rings. The van der Waals surface area contributed by atoms with Gasteiger partial charge in [-0.3, -0.25) is 43.5 Å². The Bertz CT molecular complexity index is 5380. The zero-order valence-electron chi connectivity index (χ0n) is 67.9.